The summed E-state index contributed by atoms with van der Waals surface area (Å²) in [5.41, 5.74) is 1.37. The zero-order valence-corrected chi connectivity index (χ0v) is 10.1. The fourth-order valence-corrected chi connectivity index (χ4v) is 1.68. The fraction of sp³-hybridized carbons (Fsp3) is 0.500. The SMILES string of the molecule is CC(O)CCCCc1ccc(Br)cc1. The molecular formula is C12H17BrO. The van der Waals surface area contributed by atoms with Crippen LogP contribution in [0.15, 0.2) is 28.7 Å². The van der Waals surface area contributed by atoms with Crippen molar-refractivity contribution in [2.24, 2.45) is 0 Å². The molecule has 1 atom stereocenters. The molecule has 0 fully saturated rings. The molecule has 0 bridgehead atoms. The van der Waals surface area contributed by atoms with Crippen LogP contribution in [0, 0.1) is 0 Å². The largest absolute Gasteiger partial charge is 0.393 e. The van der Waals surface area contributed by atoms with Gasteiger partial charge in [0.25, 0.3) is 0 Å². The third kappa shape index (κ3) is 4.77. The second kappa shape index (κ2) is 6.20. The number of hydrogen-bond donors (Lipinski definition) is 1. The molecule has 0 saturated heterocycles. The van der Waals surface area contributed by atoms with Crippen molar-refractivity contribution < 1.29 is 5.11 Å². The van der Waals surface area contributed by atoms with E-state index in [1.807, 2.05) is 6.92 Å². The Morgan fingerprint density at radius 1 is 1.21 bits per heavy atom. The molecule has 0 saturated carbocycles. The van der Waals surface area contributed by atoms with Crippen molar-refractivity contribution in [3.05, 3.63) is 34.3 Å². The van der Waals surface area contributed by atoms with Crippen molar-refractivity contribution in [2.75, 3.05) is 0 Å². The van der Waals surface area contributed by atoms with Crippen molar-refractivity contribution in [1.29, 1.82) is 0 Å². The first-order valence-corrected chi connectivity index (χ1v) is 5.90. The van der Waals surface area contributed by atoms with Gasteiger partial charge in [0.1, 0.15) is 0 Å². The maximum absolute atomic E-state index is 9.08. The molecule has 0 amide bonds. The number of hydrogen-bond acceptors (Lipinski definition) is 1. The van der Waals surface area contributed by atoms with Crippen LogP contribution in [0.5, 0.6) is 0 Å². The number of benzene rings is 1. The normalized spacial score (nSPS) is 12.8. The Balaban J connectivity index is 2.21. The number of aliphatic hydroxyl groups is 1. The van der Waals surface area contributed by atoms with E-state index < -0.39 is 0 Å². The molecule has 14 heavy (non-hydrogen) atoms. The van der Waals surface area contributed by atoms with E-state index in [9.17, 15) is 0 Å². The van der Waals surface area contributed by atoms with E-state index in [1.165, 1.54) is 5.56 Å². The number of unbranched alkanes of at least 4 members (excludes halogenated alkanes) is 1. The van der Waals surface area contributed by atoms with Gasteiger partial charge in [-0.05, 0) is 43.9 Å². The van der Waals surface area contributed by atoms with E-state index >= 15 is 0 Å². The van der Waals surface area contributed by atoms with Gasteiger partial charge in [-0.15, -0.1) is 0 Å². The van der Waals surface area contributed by atoms with Gasteiger partial charge in [0.05, 0.1) is 6.10 Å². The van der Waals surface area contributed by atoms with Crippen molar-refractivity contribution in [3.63, 3.8) is 0 Å². The summed E-state index contributed by atoms with van der Waals surface area (Å²) in [4.78, 5) is 0. The Kier molecular flexibility index (Phi) is 5.20. The standard InChI is InChI=1S/C12H17BrO/c1-10(14)4-2-3-5-11-6-8-12(13)9-7-11/h6-10,14H,2-5H2,1H3. The molecule has 0 aliphatic heterocycles. The number of rotatable bonds is 5. The Bertz CT molecular complexity index is 254. The Labute approximate surface area is 94.3 Å². The van der Waals surface area contributed by atoms with E-state index in [0.717, 1.165) is 30.2 Å². The van der Waals surface area contributed by atoms with E-state index in [4.69, 9.17) is 5.11 Å². The molecule has 0 aromatic heterocycles. The van der Waals surface area contributed by atoms with Gasteiger partial charge in [0.2, 0.25) is 0 Å². The van der Waals surface area contributed by atoms with Crippen LogP contribution in [0.3, 0.4) is 0 Å². The van der Waals surface area contributed by atoms with Crippen LogP contribution in [-0.4, -0.2) is 11.2 Å². The van der Waals surface area contributed by atoms with Gasteiger partial charge < -0.3 is 5.11 Å². The minimum atomic E-state index is -0.153. The highest BCUT2D eigenvalue weighted by Gasteiger charge is 1.97. The molecule has 0 heterocycles. The topological polar surface area (TPSA) is 20.2 Å². The third-order valence-electron chi connectivity index (χ3n) is 2.25. The van der Waals surface area contributed by atoms with Crippen LogP contribution in [0.1, 0.15) is 31.7 Å². The van der Waals surface area contributed by atoms with Crippen molar-refractivity contribution in [1.82, 2.24) is 0 Å². The predicted octanol–water partition coefficient (Wildman–Crippen LogP) is 3.54. The molecule has 78 valence electrons. The van der Waals surface area contributed by atoms with Gasteiger partial charge in [-0.25, -0.2) is 0 Å². The zero-order valence-electron chi connectivity index (χ0n) is 8.54. The van der Waals surface area contributed by atoms with E-state index in [1.54, 1.807) is 0 Å². The summed E-state index contributed by atoms with van der Waals surface area (Å²) in [5, 5.41) is 9.08. The molecule has 1 rings (SSSR count). The number of aryl methyl sites for hydroxylation is 1. The Hall–Kier alpha value is -0.340. The quantitative estimate of drug-likeness (QED) is 0.800. The predicted molar refractivity (Wildman–Crippen MR) is 63.4 cm³/mol. The van der Waals surface area contributed by atoms with Crippen molar-refractivity contribution in [2.45, 2.75) is 38.7 Å². The lowest BCUT2D eigenvalue weighted by atomic mass is 10.1. The van der Waals surface area contributed by atoms with E-state index in [-0.39, 0.29) is 6.10 Å². The minimum Gasteiger partial charge on any atom is -0.393 e. The molecule has 1 nitrogen and oxygen atoms in total. The van der Waals surface area contributed by atoms with E-state index in [0.29, 0.717) is 0 Å². The summed E-state index contributed by atoms with van der Waals surface area (Å²) in [6.45, 7) is 1.85. The smallest absolute Gasteiger partial charge is 0.0512 e. The van der Waals surface area contributed by atoms with Crippen LogP contribution >= 0.6 is 15.9 Å². The molecule has 2 heteroatoms. The summed E-state index contributed by atoms with van der Waals surface area (Å²) in [7, 11) is 0. The van der Waals surface area contributed by atoms with Gasteiger partial charge in [-0.1, -0.05) is 34.5 Å². The molecule has 0 aliphatic rings. The van der Waals surface area contributed by atoms with Gasteiger partial charge >= 0.3 is 0 Å². The molecule has 0 spiro atoms. The van der Waals surface area contributed by atoms with Crippen molar-refractivity contribution >= 4 is 15.9 Å². The monoisotopic (exact) mass is 256 g/mol. The molecule has 0 aliphatic carbocycles. The zero-order chi connectivity index (χ0) is 10.4. The van der Waals surface area contributed by atoms with Crippen molar-refractivity contribution in [3.8, 4) is 0 Å². The summed E-state index contributed by atoms with van der Waals surface area (Å²) in [5.74, 6) is 0. The molecular weight excluding hydrogens is 240 g/mol. The first kappa shape index (κ1) is 11.7. The van der Waals surface area contributed by atoms with Crippen LogP contribution in [0.2, 0.25) is 0 Å². The van der Waals surface area contributed by atoms with Crippen LogP contribution in [0.25, 0.3) is 0 Å². The average Bonchev–Trinajstić information content (AvgIpc) is 2.15. The van der Waals surface area contributed by atoms with Gasteiger partial charge in [0.15, 0.2) is 0 Å². The third-order valence-corrected chi connectivity index (χ3v) is 2.78. The lowest BCUT2D eigenvalue weighted by Gasteiger charge is -2.04. The Morgan fingerprint density at radius 3 is 2.43 bits per heavy atom. The minimum absolute atomic E-state index is 0.153. The molecule has 1 aromatic carbocycles. The van der Waals surface area contributed by atoms with Crippen LogP contribution in [0.4, 0.5) is 0 Å². The van der Waals surface area contributed by atoms with Gasteiger partial charge in [-0.3, -0.25) is 0 Å². The summed E-state index contributed by atoms with van der Waals surface area (Å²) in [6, 6.07) is 8.44. The van der Waals surface area contributed by atoms with E-state index in [2.05, 4.69) is 40.2 Å². The highest BCUT2D eigenvalue weighted by Crippen LogP contribution is 2.13. The second-order valence-corrected chi connectivity index (χ2v) is 4.64. The first-order valence-electron chi connectivity index (χ1n) is 5.11. The average molecular weight is 257 g/mol. The highest BCUT2D eigenvalue weighted by molar-refractivity contribution is 9.10. The van der Waals surface area contributed by atoms with Crippen LogP contribution in [-0.2, 0) is 6.42 Å². The number of halogens is 1. The number of aliphatic hydroxyl groups excluding tert-OH is 1. The second-order valence-electron chi connectivity index (χ2n) is 3.72. The maximum atomic E-state index is 9.08. The Morgan fingerprint density at radius 2 is 1.86 bits per heavy atom. The van der Waals surface area contributed by atoms with Gasteiger partial charge in [-0.2, -0.15) is 0 Å². The highest BCUT2D eigenvalue weighted by atomic mass is 79.9. The maximum Gasteiger partial charge on any atom is 0.0512 e. The lowest BCUT2D eigenvalue weighted by Crippen LogP contribution is -1.98. The van der Waals surface area contributed by atoms with Gasteiger partial charge in [0, 0.05) is 4.47 Å². The van der Waals surface area contributed by atoms with Crippen LogP contribution < -0.4 is 0 Å². The summed E-state index contributed by atoms with van der Waals surface area (Å²) >= 11 is 3.41. The first-order chi connectivity index (χ1) is 6.68. The summed E-state index contributed by atoms with van der Waals surface area (Å²) < 4.78 is 1.13. The molecule has 1 unspecified atom stereocenters. The summed E-state index contributed by atoms with van der Waals surface area (Å²) in [6.07, 6.45) is 4.14. The molecule has 0 radical (unpaired) electrons. The molecule has 1 N–H and O–H groups in total. The molecule has 1 aromatic rings. The fourth-order valence-electron chi connectivity index (χ4n) is 1.42. The lowest BCUT2D eigenvalue weighted by molar-refractivity contribution is 0.180.